The Kier molecular flexibility index (Phi) is 3.90. The molecule has 0 aliphatic heterocycles. The molecule has 0 amide bonds. The van der Waals surface area contributed by atoms with E-state index in [4.69, 9.17) is 15.2 Å². The molecule has 0 spiro atoms. The molecule has 0 atom stereocenters. The third kappa shape index (κ3) is 2.96. The number of anilines is 1. The molecule has 2 N–H and O–H groups in total. The Morgan fingerprint density at radius 3 is 2.47 bits per heavy atom. The Bertz CT molecular complexity index is 565. The molecule has 2 rings (SSSR count). The number of methoxy groups -OCH3 is 1. The summed E-state index contributed by atoms with van der Waals surface area (Å²) in [6.45, 7) is 4.37. The van der Waals surface area contributed by atoms with Crippen LogP contribution in [0, 0.1) is 13.8 Å². The highest BCUT2D eigenvalue weighted by molar-refractivity contribution is 5.42. The van der Waals surface area contributed by atoms with Gasteiger partial charge in [0, 0.05) is 23.0 Å². The third-order valence-electron chi connectivity index (χ3n) is 3.01. The summed E-state index contributed by atoms with van der Waals surface area (Å²) in [6.07, 6.45) is 1.80. The summed E-state index contributed by atoms with van der Waals surface area (Å²) in [5, 5.41) is 0. The van der Waals surface area contributed by atoms with Gasteiger partial charge in [-0.1, -0.05) is 0 Å². The zero-order valence-corrected chi connectivity index (χ0v) is 11.4. The van der Waals surface area contributed by atoms with Crippen molar-refractivity contribution in [3.05, 3.63) is 47.3 Å². The van der Waals surface area contributed by atoms with E-state index in [2.05, 4.69) is 4.98 Å². The van der Waals surface area contributed by atoms with Gasteiger partial charge in [0.25, 0.3) is 0 Å². The minimum atomic E-state index is 0.409. The highest BCUT2D eigenvalue weighted by atomic mass is 16.5. The topological polar surface area (TPSA) is 57.4 Å². The second kappa shape index (κ2) is 5.61. The molecule has 19 heavy (non-hydrogen) atoms. The lowest BCUT2D eigenvalue weighted by atomic mass is 10.1. The average Bonchev–Trinajstić information content (AvgIpc) is 2.40. The van der Waals surface area contributed by atoms with Gasteiger partial charge >= 0.3 is 0 Å². The van der Waals surface area contributed by atoms with Gasteiger partial charge in [-0.25, -0.2) is 0 Å². The number of aryl methyl sites for hydroxylation is 1. The normalized spacial score (nSPS) is 10.3. The van der Waals surface area contributed by atoms with Crippen molar-refractivity contribution in [2.24, 2.45) is 0 Å². The molecule has 0 saturated carbocycles. The van der Waals surface area contributed by atoms with Gasteiger partial charge < -0.3 is 15.2 Å². The number of nitrogens with two attached hydrogens (primary N) is 1. The lowest BCUT2D eigenvalue weighted by Gasteiger charge is -2.13. The summed E-state index contributed by atoms with van der Waals surface area (Å²) in [4.78, 5) is 4.39. The minimum absolute atomic E-state index is 0.409. The molecule has 4 heteroatoms. The van der Waals surface area contributed by atoms with Crippen LogP contribution in [0.2, 0.25) is 0 Å². The lowest BCUT2D eigenvalue weighted by Crippen LogP contribution is -2.04. The van der Waals surface area contributed by atoms with E-state index in [9.17, 15) is 0 Å². The first kappa shape index (κ1) is 13.2. The van der Waals surface area contributed by atoms with Crippen LogP contribution >= 0.6 is 0 Å². The quantitative estimate of drug-likeness (QED) is 0.857. The summed E-state index contributed by atoms with van der Waals surface area (Å²) < 4.78 is 11.1. The number of hydrogen-bond donors (Lipinski definition) is 1. The summed E-state index contributed by atoms with van der Waals surface area (Å²) in [6, 6.07) is 7.31. The zero-order chi connectivity index (χ0) is 13.8. The second-order valence-electron chi connectivity index (χ2n) is 4.40. The largest absolute Gasteiger partial charge is 0.496 e. The van der Waals surface area contributed by atoms with E-state index in [1.165, 1.54) is 0 Å². The van der Waals surface area contributed by atoms with Gasteiger partial charge in [0.05, 0.1) is 12.8 Å². The first-order valence-electron chi connectivity index (χ1n) is 6.09. The molecule has 100 valence electrons. The van der Waals surface area contributed by atoms with Gasteiger partial charge in [0.2, 0.25) is 0 Å². The van der Waals surface area contributed by atoms with E-state index < -0.39 is 0 Å². The molecule has 1 heterocycles. The van der Waals surface area contributed by atoms with E-state index >= 15 is 0 Å². The number of rotatable bonds is 4. The number of nitrogens with zero attached hydrogens (tertiary/aromatic N) is 1. The van der Waals surface area contributed by atoms with Crippen LogP contribution in [0.1, 0.15) is 16.8 Å². The Balaban J connectivity index is 2.13. The summed E-state index contributed by atoms with van der Waals surface area (Å²) in [5.74, 6) is 1.64. The van der Waals surface area contributed by atoms with Gasteiger partial charge in [0.15, 0.2) is 0 Å². The van der Waals surface area contributed by atoms with Crippen molar-refractivity contribution in [2.75, 3.05) is 12.8 Å². The van der Waals surface area contributed by atoms with Crippen molar-refractivity contribution < 1.29 is 9.47 Å². The number of nitrogen functional groups attached to an aromatic ring is 1. The van der Waals surface area contributed by atoms with E-state index in [1.54, 1.807) is 13.3 Å². The standard InChI is InChI=1S/C15H18N2O2/c1-10-8-17-14(11(2)15(10)18-3)9-19-13-6-4-12(16)5-7-13/h4-8H,9,16H2,1-3H3. The molecule has 1 aromatic heterocycles. The lowest BCUT2D eigenvalue weighted by molar-refractivity contribution is 0.299. The first-order valence-corrected chi connectivity index (χ1v) is 6.09. The van der Waals surface area contributed by atoms with Crippen molar-refractivity contribution in [2.45, 2.75) is 20.5 Å². The molecule has 0 radical (unpaired) electrons. The number of ether oxygens (including phenoxy) is 2. The Morgan fingerprint density at radius 2 is 1.84 bits per heavy atom. The fourth-order valence-electron chi connectivity index (χ4n) is 1.93. The molecule has 0 fully saturated rings. The van der Waals surface area contributed by atoms with Gasteiger partial charge in [-0.05, 0) is 38.1 Å². The molecule has 2 aromatic rings. The van der Waals surface area contributed by atoms with Gasteiger partial charge in [-0.15, -0.1) is 0 Å². The summed E-state index contributed by atoms with van der Waals surface area (Å²) >= 11 is 0. The fraction of sp³-hybridized carbons (Fsp3) is 0.267. The van der Waals surface area contributed by atoms with Crippen molar-refractivity contribution in [3.63, 3.8) is 0 Å². The van der Waals surface area contributed by atoms with Gasteiger partial charge in [0.1, 0.15) is 18.1 Å². The predicted molar refractivity (Wildman–Crippen MR) is 75.4 cm³/mol. The summed E-state index contributed by atoms with van der Waals surface area (Å²) in [5.41, 5.74) is 9.26. The van der Waals surface area contributed by atoms with E-state index in [-0.39, 0.29) is 0 Å². The molecule has 0 saturated heterocycles. The number of hydrogen-bond acceptors (Lipinski definition) is 4. The molecule has 1 aromatic carbocycles. The Labute approximate surface area is 113 Å². The van der Waals surface area contributed by atoms with Crippen LogP contribution in [-0.2, 0) is 6.61 Å². The third-order valence-corrected chi connectivity index (χ3v) is 3.01. The number of aromatic nitrogens is 1. The molecule has 4 nitrogen and oxygen atoms in total. The van der Waals surface area contributed by atoms with E-state index in [1.807, 2.05) is 38.1 Å². The minimum Gasteiger partial charge on any atom is -0.496 e. The second-order valence-corrected chi connectivity index (χ2v) is 4.40. The highest BCUT2D eigenvalue weighted by Gasteiger charge is 2.09. The maximum Gasteiger partial charge on any atom is 0.131 e. The first-order chi connectivity index (χ1) is 9.11. The van der Waals surface area contributed by atoms with E-state index in [0.717, 1.165) is 34.0 Å². The van der Waals surface area contributed by atoms with Crippen LogP contribution in [0.3, 0.4) is 0 Å². The predicted octanol–water partition coefficient (Wildman–Crippen LogP) is 2.87. The van der Waals surface area contributed by atoms with Crippen molar-refractivity contribution in [1.29, 1.82) is 0 Å². The molecule has 0 unspecified atom stereocenters. The molecule has 0 aliphatic rings. The molecule has 0 bridgehead atoms. The average molecular weight is 258 g/mol. The molecule has 0 aliphatic carbocycles. The number of benzene rings is 1. The Hall–Kier alpha value is -2.23. The van der Waals surface area contributed by atoms with Crippen LogP contribution in [0.5, 0.6) is 11.5 Å². The highest BCUT2D eigenvalue weighted by Crippen LogP contribution is 2.25. The molecular weight excluding hydrogens is 240 g/mol. The maximum absolute atomic E-state index is 5.69. The fourth-order valence-corrected chi connectivity index (χ4v) is 1.93. The van der Waals surface area contributed by atoms with Crippen LogP contribution in [-0.4, -0.2) is 12.1 Å². The van der Waals surface area contributed by atoms with Crippen molar-refractivity contribution in [3.8, 4) is 11.5 Å². The van der Waals surface area contributed by atoms with Crippen LogP contribution in [0.4, 0.5) is 5.69 Å². The smallest absolute Gasteiger partial charge is 0.131 e. The summed E-state index contributed by atoms with van der Waals surface area (Å²) in [7, 11) is 1.67. The number of pyridine rings is 1. The SMILES string of the molecule is COc1c(C)cnc(COc2ccc(N)cc2)c1C. The van der Waals surface area contributed by atoms with Crippen molar-refractivity contribution >= 4 is 5.69 Å². The Morgan fingerprint density at radius 1 is 1.16 bits per heavy atom. The van der Waals surface area contributed by atoms with Gasteiger partial charge in [-0.2, -0.15) is 0 Å². The zero-order valence-electron chi connectivity index (χ0n) is 11.4. The van der Waals surface area contributed by atoms with Crippen molar-refractivity contribution in [1.82, 2.24) is 4.98 Å². The van der Waals surface area contributed by atoms with Crippen LogP contribution in [0.25, 0.3) is 0 Å². The maximum atomic E-state index is 5.69. The van der Waals surface area contributed by atoms with Crippen LogP contribution in [0.15, 0.2) is 30.5 Å². The molecular formula is C15H18N2O2. The monoisotopic (exact) mass is 258 g/mol. The van der Waals surface area contributed by atoms with Crippen LogP contribution < -0.4 is 15.2 Å². The van der Waals surface area contributed by atoms with Gasteiger partial charge in [-0.3, -0.25) is 4.98 Å². The van der Waals surface area contributed by atoms with E-state index in [0.29, 0.717) is 6.61 Å².